The van der Waals surface area contributed by atoms with Crippen LogP contribution in [-0.4, -0.2) is 31.8 Å². The summed E-state index contributed by atoms with van der Waals surface area (Å²) in [6, 6.07) is 17.8. The molecule has 0 radical (unpaired) electrons. The van der Waals surface area contributed by atoms with Gasteiger partial charge in [-0.05, 0) is 27.8 Å². The summed E-state index contributed by atoms with van der Waals surface area (Å²) in [5, 5.41) is 11.8. The number of hydrogen-bond donors (Lipinski definition) is 1. The fourth-order valence-electron chi connectivity index (χ4n) is 3.66. The molecule has 0 saturated carbocycles. The van der Waals surface area contributed by atoms with Crippen LogP contribution in [0.3, 0.4) is 0 Å². The van der Waals surface area contributed by atoms with E-state index in [9.17, 15) is 9.59 Å². The maximum absolute atomic E-state index is 13.0. The van der Waals surface area contributed by atoms with Gasteiger partial charge in [0.05, 0.1) is 24.2 Å². The third kappa shape index (κ3) is 3.73. The van der Waals surface area contributed by atoms with E-state index in [1.54, 1.807) is 27.8 Å². The van der Waals surface area contributed by atoms with Crippen LogP contribution < -0.4 is 10.9 Å². The van der Waals surface area contributed by atoms with Crippen molar-refractivity contribution < 1.29 is 4.79 Å². The van der Waals surface area contributed by atoms with Gasteiger partial charge in [0.25, 0.3) is 11.5 Å². The fraction of sp³-hybridized carbons (Fsp3) is 0.130. The van der Waals surface area contributed by atoms with Crippen LogP contribution in [0.1, 0.15) is 15.2 Å². The summed E-state index contributed by atoms with van der Waals surface area (Å²) in [6.07, 6.45) is 3.11. The highest BCUT2D eigenvalue weighted by Gasteiger charge is 2.12. The Labute approximate surface area is 181 Å². The molecule has 2 aromatic carbocycles. The smallest absolute Gasteiger partial charge is 0.264 e. The van der Waals surface area contributed by atoms with E-state index >= 15 is 0 Å². The molecule has 0 fully saturated rings. The summed E-state index contributed by atoms with van der Waals surface area (Å²) < 4.78 is 3.25. The number of fused-ring (bicyclic) bond motifs is 2. The van der Waals surface area contributed by atoms with Crippen molar-refractivity contribution in [3.8, 4) is 0 Å². The number of amides is 1. The summed E-state index contributed by atoms with van der Waals surface area (Å²) >= 11 is 1.40. The van der Waals surface area contributed by atoms with E-state index < -0.39 is 0 Å². The topological polar surface area (TPSA) is 81.8 Å². The fourth-order valence-corrected chi connectivity index (χ4v) is 4.30. The monoisotopic (exact) mass is 429 g/mol. The lowest BCUT2D eigenvalue weighted by Crippen LogP contribution is -2.27. The predicted molar refractivity (Wildman–Crippen MR) is 121 cm³/mol. The Balaban J connectivity index is 1.36. The lowest BCUT2D eigenvalue weighted by molar-refractivity contribution is 0.0956. The second kappa shape index (κ2) is 8.16. The Kier molecular flexibility index (Phi) is 5.05. The predicted octanol–water partition coefficient (Wildman–Crippen LogP) is 3.29. The Morgan fingerprint density at radius 2 is 1.90 bits per heavy atom. The first-order valence-corrected chi connectivity index (χ1v) is 10.8. The molecule has 5 aromatic rings. The zero-order valence-corrected chi connectivity index (χ0v) is 17.4. The third-order valence-electron chi connectivity index (χ3n) is 5.20. The maximum Gasteiger partial charge on any atom is 0.264 e. The van der Waals surface area contributed by atoms with Gasteiger partial charge in [-0.3, -0.25) is 14.2 Å². The molecular weight excluding hydrogens is 410 g/mol. The van der Waals surface area contributed by atoms with Crippen molar-refractivity contribution in [2.24, 2.45) is 0 Å². The molecule has 0 atom stereocenters. The molecule has 31 heavy (non-hydrogen) atoms. The van der Waals surface area contributed by atoms with Gasteiger partial charge < -0.3 is 5.32 Å². The molecule has 0 aliphatic heterocycles. The highest BCUT2D eigenvalue weighted by atomic mass is 32.1. The van der Waals surface area contributed by atoms with Crippen LogP contribution in [0.4, 0.5) is 0 Å². The van der Waals surface area contributed by atoms with Crippen molar-refractivity contribution in [1.29, 1.82) is 0 Å². The Hall–Kier alpha value is -3.78. The average molecular weight is 430 g/mol. The van der Waals surface area contributed by atoms with E-state index in [-0.39, 0.29) is 11.5 Å². The summed E-state index contributed by atoms with van der Waals surface area (Å²) in [5.41, 5.74) is 1.45. The van der Waals surface area contributed by atoms with Crippen LogP contribution in [0.5, 0.6) is 0 Å². The van der Waals surface area contributed by atoms with Gasteiger partial charge in [0.1, 0.15) is 11.7 Å². The lowest BCUT2D eigenvalue weighted by Gasteiger charge is -2.09. The second-order valence-electron chi connectivity index (χ2n) is 7.15. The average Bonchev–Trinajstić information content (AvgIpc) is 3.47. The SMILES string of the molecule is O=C(NCCn1ncc2c(=O)n(Cc3cccc4ccccc34)cnc21)c1cccs1. The van der Waals surface area contributed by atoms with Gasteiger partial charge in [-0.2, -0.15) is 5.10 Å². The molecule has 0 spiro atoms. The van der Waals surface area contributed by atoms with Crippen molar-refractivity contribution in [3.63, 3.8) is 0 Å². The van der Waals surface area contributed by atoms with Crippen LogP contribution in [-0.2, 0) is 13.1 Å². The van der Waals surface area contributed by atoms with Crippen LogP contribution in [0.2, 0.25) is 0 Å². The standard InChI is InChI=1S/C23H19N5O2S/c29-22(20-9-4-12-31-20)24-10-11-28-21-19(13-26-28)23(30)27(15-25-21)14-17-7-3-6-16-5-1-2-8-18(16)17/h1-9,12-13,15H,10-11,14H2,(H,24,29). The number of hydrogen-bond acceptors (Lipinski definition) is 5. The van der Waals surface area contributed by atoms with Crippen molar-refractivity contribution >= 4 is 39.0 Å². The molecular formula is C23H19N5O2S. The van der Waals surface area contributed by atoms with Gasteiger partial charge in [-0.1, -0.05) is 48.5 Å². The number of benzene rings is 2. The van der Waals surface area contributed by atoms with E-state index in [4.69, 9.17) is 0 Å². The molecule has 0 bridgehead atoms. The largest absolute Gasteiger partial charge is 0.349 e. The quantitative estimate of drug-likeness (QED) is 0.449. The molecule has 0 aliphatic rings. The number of nitrogens with zero attached hydrogens (tertiary/aromatic N) is 4. The second-order valence-corrected chi connectivity index (χ2v) is 8.10. The van der Waals surface area contributed by atoms with E-state index in [2.05, 4.69) is 33.6 Å². The van der Waals surface area contributed by atoms with E-state index in [1.807, 2.05) is 35.7 Å². The zero-order valence-electron chi connectivity index (χ0n) is 16.6. The minimum Gasteiger partial charge on any atom is -0.349 e. The van der Waals surface area contributed by atoms with Crippen molar-refractivity contribution in [3.05, 3.63) is 93.3 Å². The van der Waals surface area contributed by atoms with Gasteiger partial charge in [-0.25, -0.2) is 9.67 Å². The van der Waals surface area contributed by atoms with E-state index in [0.29, 0.717) is 35.5 Å². The number of thiophene rings is 1. The van der Waals surface area contributed by atoms with Crippen molar-refractivity contribution in [2.45, 2.75) is 13.1 Å². The Morgan fingerprint density at radius 3 is 2.77 bits per heavy atom. The van der Waals surface area contributed by atoms with Crippen LogP contribution in [0, 0.1) is 0 Å². The first kappa shape index (κ1) is 19.2. The zero-order chi connectivity index (χ0) is 21.2. The molecule has 7 nitrogen and oxygen atoms in total. The van der Waals surface area contributed by atoms with Gasteiger partial charge in [-0.15, -0.1) is 11.3 Å². The Morgan fingerprint density at radius 1 is 1.03 bits per heavy atom. The first-order chi connectivity index (χ1) is 15.2. The molecule has 1 amide bonds. The van der Waals surface area contributed by atoms with Gasteiger partial charge >= 0.3 is 0 Å². The number of carbonyl (C=O) groups is 1. The molecule has 8 heteroatoms. The van der Waals surface area contributed by atoms with E-state index in [1.165, 1.54) is 11.3 Å². The molecule has 5 rings (SSSR count). The van der Waals surface area contributed by atoms with E-state index in [0.717, 1.165) is 16.3 Å². The maximum atomic E-state index is 13.0. The molecule has 3 aromatic heterocycles. The third-order valence-corrected chi connectivity index (χ3v) is 6.07. The first-order valence-electron chi connectivity index (χ1n) is 9.90. The minimum absolute atomic E-state index is 0.114. The van der Waals surface area contributed by atoms with Crippen LogP contribution >= 0.6 is 11.3 Å². The summed E-state index contributed by atoms with van der Waals surface area (Å²) in [6.45, 7) is 1.26. The Bertz CT molecular complexity index is 1430. The van der Waals surface area contributed by atoms with Gasteiger partial charge in [0, 0.05) is 6.54 Å². The number of aromatic nitrogens is 4. The molecule has 3 heterocycles. The van der Waals surface area contributed by atoms with Crippen LogP contribution in [0.15, 0.2) is 77.3 Å². The van der Waals surface area contributed by atoms with Gasteiger partial charge in [0.15, 0.2) is 5.65 Å². The number of nitrogens with one attached hydrogen (secondary N) is 1. The summed E-state index contributed by atoms with van der Waals surface area (Å²) in [4.78, 5) is 30.2. The highest BCUT2D eigenvalue weighted by molar-refractivity contribution is 7.12. The normalized spacial score (nSPS) is 11.2. The summed E-state index contributed by atoms with van der Waals surface area (Å²) in [5.74, 6) is -0.114. The number of carbonyl (C=O) groups excluding carboxylic acids is 1. The minimum atomic E-state index is -0.133. The molecule has 154 valence electrons. The molecule has 1 N–H and O–H groups in total. The van der Waals surface area contributed by atoms with Crippen LogP contribution in [0.25, 0.3) is 21.8 Å². The molecule has 0 saturated heterocycles. The number of rotatable bonds is 6. The van der Waals surface area contributed by atoms with Gasteiger partial charge in [0.2, 0.25) is 0 Å². The summed E-state index contributed by atoms with van der Waals surface area (Å²) in [7, 11) is 0. The van der Waals surface area contributed by atoms with Crippen molar-refractivity contribution in [2.75, 3.05) is 6.54 Å². The molecule has 0 unspecified atom stereocenters. The molecule has 0 aliphatic carbocycles. The highest BCUT2D eigenvalue weighted by Crippen LogP contribution is 2.19. The lowest BCUT2D eigenvalue weighted by atomic mass is 10.0. The van der Waals surface area contributed by atoms with Crippen molar-refractivity contribution in [1.82, 2.24) is 24.6 Å².